The minimum atomic E-state index is 0.216. The monoisotopic (exact) mass is 312 g/mol. The first-order valence-electron chi connectivity index (χ1n) is 7.63. The molecule has 1 aliphatic rings. The van der Waals surface area contributed by atoms with Crippen LogP contribution in [0.3, 0.4) is 0 Å². The number of hydrogen-bond acceptors (Lipinski definition) is 3. The van der Waals surface area contributed by atoms with Crippen LogP contribution in [0.4, 0.5) is 0 Å². The van der Waals surface area contributed by atoms with E-state index in [0.29, 0.717) is 5.75 Å². The maximum atomic E-state index is 12.6. The zero-order valence-corrected chi connectivity index (χ0v) is 13.6. The highest BCUT2D eigenvalue weighted by Crippen LogP contribution is 2.32. The fourth-order valence-electron chi connectivity index (χ4n) is 2.94. The van der Waals surface area contributed by atoms with Gasteiger partial charge in [-0.2, -0.15) is 0 Å². The average Bonchev–Trinajstić information content (AvgIpc) is 3.04. The molecule has 1 aromatic heterocycles. The fourth-order valence-corrected chi connectivity index (χ4v) is 3.85. The van der Waals surface area contributed by atoms with E-state index in [4.69, 9.17) is 0 Å². The highest BCUT2D eigenvalue weighted by molar-refractivity contribution is 8.00. The highest BCUT2D eigenvalue weighted by atomic mass is 32.2. The van der Waals surface area contributed by atoms with E-state index in [2.05, 4.69) is 24.0 Å². The number of carbonyl (C=O) groups excluding carboxylic acids is 1. The quantitative estimate of drug-likeness (QED) is 0.804. The van der Waals surface area contributed by atoms with E-state index in [1.165, 1.54) is 16.0 Å². The largest absolute Gasteiger partial charge is 0.335 e. The van der Waals surface area contributed by atoms with Gasteiger partial charge in [-0.25, -0.2) is 0 Å². The van der Waals surface area contributed by atoms with E-state index < -0.39 is 0 Å². The second kappa shape index (κ2) is 6.97. The first-order valence-corrected chi connectivity index (χ1v) is 8.62. The van der Waals surface area contributed by atoms with Gasteiger partial charge in [-0.05, 0) is 49.1 Å². The van der Waals surface area contributed by atoms with E-state index in [1.54, 1.807) is 24.2 Å². The van der Waals surface area contributed by atoms with Gasteiger partial charge in [0.2, 0.25) is 5.91 Å². The van der Waals surface area contributed by atoms with Gasteiger partial charge in [0, 0.05) is 23.8 Å². The van der Waals surface area contributed by atoms with Gasteiger partial charge < -0.3 is 4.90 Å². The number of hydrogen-bond donors (Lipinski definition) is 0. The molecular weight excluding hydrogens is 292 g/mol. The predicted molar refractivity (Wildman–Crippen MR) is 89.8 cm³/mol. The van der Waals surface area contributed by atoms with Crippen molar-refractivity contribution in [1.82, 2.24) is 9.88 Å². The van der Waals surface area contributed by atoms with Crippen molar-refractivity contribution >= 4 is 17.7 Å². The highest BCUT2D eigenvalue weighted by Gasteiger charge is 2.29. The minimum absolute atomic E-state index is 0.216. The van der Waals surface area contributed by atoms with E-state index >= 15 is 0 Å². The Kier molecular flexibility index (Phi) is 4.78. The normalized spacial score (nSPS) is 17.7. The van der Waals surface area contributed by atoms with Crippen molar-refractivity contribution in [3.8, 4) is 0 Å². The number of benzene rings is 1. The second-order valence-corrected chi connectivity index (χ2v) is 6.60. The van der Waals surface area contributed by atoms with Crippen molar-refractivity contribution in [1.29, 1.82) is 0 Å². The average molecular weight is 312 g/mol. The molecule has 2 heterocycles. The summed E-state index contributed by atoms with van der Waals surface area (Å²) in [6, 6.07) is 12.5. The summed E-state index contributed by atoms with van der Waals surface area (Å²) in [7, 11) is 0. The molecule has 0 bridgehead atoms. The predicted octanol–water partition coefficient (Wildman–Crippen LogP) is 3.85. The summed E-state index contributed by atoms with van der Waals surface area (Å²) in [5, 5.41) is 0. The molecule has 22 heavy (non-hydrogen) atoms. The van der Waals surface area contributed by atoms with Gasteiger partial charge in [0.1, 0.15) is 0 Å². The summed E-state index contributed by atoms with van der Waals surface area (Å²) in [4.78, 5) is 19.9. The number of rotatable bonds is 4. The number of amides is 1. The van der Waals surface area contributed by atoms with Crippen LogP contribution in [0.5, 0.6) is 0 Å². The molecule has 0 N–H and O–H groups in total. The van der Waals surface area contributed by atoms with Crippen LogP contribution < -0.4 is 0 Å². The van der Waals surface area contributed by atoms with Gasteiger partial charge >= 0.3 is 0 Å². The standard InChI is InChI=1S/C18H20N2OS/c1-14-5-2-3-7-17(14)22-13-18(21)20-12-4-6-16(20)15-8-10-19-11-9-15/h2-3,5,7-11,16H,4,6,12-13H2,1H3. The molecule has 0 aliphatic carbocycles. The maximum Gasteiger partial charge on any atom is 0.233 e. The summed E-state index contributed by atoms with van der Waals surface area (Å²) in [5.41, 5.74) is 2.43. The van der Waals surface area contributed by atoms with Crippen LogP contribution in [-0.4, -0.2) is 28.1 Å². The Morgan fingerprint density at radius 2 is 2.05 bits per heavy atom. The molecule has 1 amide bonds. The SMILES string of the molecule is Cc1ccccc1SCC(=O)N1CCCC1c1ccncc1. The zero-order chi connectivity index (χ0) is 15.4. The van der Waals surface area contributed by atoms with Crippen LogP contribution in [0, 0.1) is 6.92 Å². The molecule has 3 rings (SSSR count). The van der Waals surface area contributed by atoms with E-state index in [-0.39, 0.29) is 11.9 Å². The fraction of sp³-hybridized carbons (Fsp3) is 0.333. The first-order chi connectivity index (χ1) is 10.8. The number of likely N-dealkylation sites (tertiary alicyclic amines) is 1. The molecule has 1 fully saturated rings. The third-order valence-corrected chi connectivity index (χ3v) is 5.27. The topological polar surface area (TPSA) is 33.2 Å². The lowest BCUT2D eigenvalue weighted by Gasteiger charge is -2.25. The Morgan fingerprint density at radius 3 is 2.82 bits per heavy atom. The third kappa shape index (κ3) is 3.33. The molecule has 1 aromatic carbocycles. The molecule has 1 aliphatic heterocycles. The van der Waals surface area contributed by atoms with Gasteiger partial charge in [0.05, 0.1) is 11.8 Å². The molecule has 114 valence electrons. The van der Waals surface area contributed by atoms with Crippen LogP contribution in [0.1, 0.15) is 30.0 Å². The molecule has 1 saturated heterocycles. The van der Waals surface area contributed by atoms with Gasteiger partial charge in [-0.1, -0.05) is 18.2 Å². The van der Waals surface area contributed by atoms with E-state index in [9.17, 15) is 4.79 Å². The Labute approximate surface area is 135 Å². The van der Waals surface area contributed by atoms with Gasteiger partial charge in [0.25, 0.3) is 0 Å². The van der Waals surface area contributed by atoms with Crippen LogP contribution in [0.25, 0.3) is 0 Å². The van der Waals surface area contributed by atoms with Crippen molar-refractivity contribution in [3.05, 3.63) is 59.9 Å². The van der Waals surface area contributed by atoms with Gasteiger partial charge in [-0.15, -0.1) is 11.8 Å². The number of aryl methyl sites for hydroxylation is 1. The van der Waals surface area contributed by atoms with Crippen molar-refractivity contribution < 1.29 is 4.79 Å². The Hall–Kier alpha value is -1.81. The molecule has 1 unspecified atom stereocenters. The van der Waals surface area contributed by atoms with E-state index in [0.717, 1.165) is 19.4 Å². The Balaban J connectivity index is 1.65. The smallest absolute Gasteiger partial charge is 0.233 e. The van der Waals surface area contributed by atoms with Crippen LogP contribution in [0.2, 0.25) is 0 Å². The molecular formula is C18H20N2OS. The minimum Gasteiger partial charge on any atom is -0.335 e. The van der Waals surface area contributed by atoms with Crippen molar-refractivity contribution in [2.45, 2.75) is 30.7 Å². The van der Waals surface area contributed by atoms with Crippen LogP contribution >= 0.6 is 11.8 Å². The number of nitrogens with zero attached hydrogens (tertiary/aromatic N) is 2. The summed E-state index contributed by atoms with van der Waals surface area (Å²) < 4.78 is 0. The number of aromatic nitrogens is 1. The summed E-state index contributed by atoms with van der Waals surface area (Å²) in [6.07, 6.45) is 5.73. The zero-order valence-electron chi connectivity index (χ0n) is 12.7. The summed E-state index contributed by atoms with van der Waals surface area (Å²) >= 11 is 1.64. The van der Waals surface area contributed by atoms with Crippen molar-refractivity contribution in [2.24, 2.45) is 0 Å². The molecule has 0 saturated carbocycles. The second-order valence-electron chi connectivity index (χ2n) is 5.58. The molecule has 4 heteroatoms. The van der Waals surface area contributed by atoms with E-state index in [1.807, 2.05) is 29.2 Å². The van der Waals surface area contributed by atoms with Crippen LogP contribution in [-0.2, 0) is 4.79 Å². The van der Waals surface area contributed by atoms with Crippen molar-refractivity contribution in [2.75, 3.05) is 12.3 Å². The lowest BCUT2D eigenvalue weighted by Crippen LogP contribution is -2.31. The van der Waals surface area contributed by atoms with Crippen molar-refractivity contribution in [3.63, 3.8) is 0 Å². The molecule has 2 aromatic rings. The Bertz CT molecular complexity index is 645. The molecule has 1 atom stereocenters. The van der Waals surface area contributed by atoms with Crippen LogP contribution in [0.15, 0.2) is 53.7 Å². The maximum absolute atomic E-state index is 12.6. The molecule has 0 radical (unpaired) electrons. The number of thioether (sulfide) groups is 1. The molecule has 0 spiro atoms. The lowest BCUT2D eigenvalue weighted by molar-refractivity contribution is -0.129. The Morgan fingerprint density at radius 1 is 1.27 bits per heavy atom. The van der Waals surface area contributed by atoms with Gasteiger partial charge in [0.15, 0.2) is 0 Å². The number of pyridine rings is 1. The van der Waals surface area contributed by atoms with Gasteiger partial charge in [-0.3, -0.25) is 9.78 Å². The third-order valence-electron chi connectivity index (χ3n) is 4.11. The summed E-state index contributed by atoms with van der Waals surface area (Å²) in [5.74, 6) is 0.736. The summed E-state index contributed by atoms with van der Waals surface area (Å²) in [6.45, 7) is 2.95. The first kappa shape index (κ1) is 15.1. The number of carbonyl (C=O) groups is 1. The lowest BCUT2D eigenvalue weighted by atomic mass is 10.1. The molecule has 3 nitrogen and oxygen atoms in total.